The predicted octanol–water partition coefficient (Wildman–Crippen LogP) is -0.528. The van der Waals surface area contributed by atoms with Gasteiger partial charge in [-0.05, 0) is 6.92 Å². The van der Waals surface area contributed by atoms with Crippen LogP contribution in [0.15, 0.2) is 12.4 Å². The summed E-state index contributed by atoms with van der Waals surface area (Å²) < 4.78 is 0. The second-order valence-corrected chi connectivity index (χ2v) is 2.45. The van der Waals surface area contributed by atoms with Crippen LogP contribution in [0.4, 0.5) is 0 Å². The summed E-state index contributed by atoms with van der Waals surface area (Å²) in [4.78, 5) is 1.99. The van der Waals surface area contributed by atoms with Crippen molar-refractivity contribution in [2.24, 2.45) is 5.73 Å². The molecule has 0 amide bonds. The summed E-state index contributed by atoms with van der Waals surface area (Å²) in [6, 6.07) is 0. The Morgan fingerprint density at radius 1 is 1.80 bits per heavy atom. The van der Waals surface area contributed by atoms with Crippen molar-refractivity contribution in [2.45, 2.75) is 13.1 Å². The lowest BCUT2D eigenvalue weighted by atomic mass is 10.5. The first-order chi connectivity index (χ1) is 4.66. The van der Waals surface area contributed by atoms with Gasteiger partial charge in [0.1, 0.15) is 5.82 Å². The van der Waals surface area contributed by atoms with Crippen molar-refractivity contribution in [3.05, 3.63) is 12.4 Å². The molecule has 1 fully saturated rings. The van der Waals surface area contributed by atoms with Gasteiger partial charge in [0, 0.05) is 7.05 Å². The topological polar surface area (TPSA) is 44.5 Å². The lowest BCUT2D eigenvalue weighted by Gasteiger charge is -2.21. The Morgan fingerprint density at radius 2 is 2.40 bits per heavy atom. The van der Waals surface area contributed by atoms with Gasteiger partial charge >= 0.3 is 0 Å². The Balaban J connectivity index is 2.64. The quantitative estimate of drug-likeness (QED) is 0.516. The molecular formula is C6H14N4. The van der Waals surface area contributed by atoms with Crippen LogP contribution in [0, 0.1) is 0 Å². The molecule has 1 aliphatic heterocycles. The van der Waals surface area contributed by atoms with Gasteiger partial charge < -0.3 is 16.1 Å². The third kappa shape index (κ3) is 0.955. The van der Waals surface area contributed by atoms with Gasteiger partial charge in [-0.25, -0.2) is 5.01 Å². The van der Waals surface area contributed by atoms with Crippen LogP contribution in [0.2, 0.25) is 0 Å². The molecule has 1 aliphatic rings. The number of nitrogens with zero attached hydrogens (tertiary/aromatic N) is 2. The van der Waals surface area contributed by atoms with Crippen LogP contribution in [-0.2, 0) is 0 Å². The standard InChI is InChI=1S/C6H14N4/c1-5-8-9(3)6(2)10(5)4-7/h6,8H,1,4,7H2,2-3H3. The molecule has 0 saturated carbocycles. The largest absolute Gasteiger partial charge is 0.328 e. The molecule has 0 aliphatic carbocycles. The van der Waals surface area contributed by atoms with Crippen molar-refractivity contribution in [1.29, 1.82) is 0 Å². The minimum absolute atomic E-state index is 0.303. The highest BCUT2D eigenvalue weighted by Gasteiger charge is 2.25. The molecule has 1 atom stereocenters. The smallest absolute Gasteiger partial charge is 0.111 e. The second-order valence-electron chi connectivity index (χ2n) is 2.45. The van der Waals surface area contributed by atoms with Crippen LogP contribution in [-0.4, -0.2) is 29.8 Å². The highest BCUT2D eigenvalue weighted by atomic mass is 15.7. The van der Waals surface area contributed by atoms with Gasteiger partial charge in [0.25, 0.3) is 0 Å². The average Bonchev–Trinajstić information content (AvgIpc) is 2.09. The van der Waals surface area contributed by atoms with Crippen LogP contribution in [0.25, 0.3) is 0 Å². The third-order valence-corrected chi connectivity index (χ3v) is 1.86. The minimum atomic E-state index is 0.303. The number of hydrogen-bond donors (Lipinski definition) is 2. The molecule has 10 heavy (non-hydrogen) atoms. The number of rotatable bonds is 1. The minimum Gasteiger partial charge on any atom is -0.328 e. The van der Waals surface area contributed by atoms with Crippen LogP contribution in [0.5, 0.6) is 0 Å². The number of nitrogens with two attached hydrogens (primary N) is 1. The maximum atomic E-state index is 5.48. The van der Waals surface area contributed by atoms with E-state index in [2.05, 4.69) is 18.9 Å². The molecule has 0 bridgehead atoms. The molecule has 0 radical (unpaired) electrons. The van der Waals surface area contributed by atoms with Gasteiger partial charge in [0.15, 0.2) is 0 Å². The van der Waals surface area contributed by atoms with E-state index in [0.717, 1.165) is 5.82 Å². The van der Waals surface area contributed by atoms with Gasteiger partial charge in [-0.3, -0.25) is 0 Å². The molecule has 58 valence electrons. The summed E-state index contributed by atoms with van der Waals surface area (Å²) in [5.74, 6) is 0.873. The Bertz CT molecular complexity index is 145. The van der Waals surface area contributed by atoms with E-state index < -0.39 is 0 Å². The molecule has 3 N–H and O–H groups in total. The molecule has 0 aromatic rings. The van der Waals surface area contributed by atoms with Gasteiger partial charge in [-0.15, -0.1) is 0 Å². The normalized spacial score (nSPS) is 27.3. The van der Waals surface area contributed by atoms with Crippen molar-refractivity contribution in [3.8, 4) is 0 Å². The Hall–Kier alpha value is -0.740. The van der Waals surface area contributed by atoms with E-state index in [1.54, 1.807) is 0 Å². The fourth-order valence-corrected chi connectivity index (χ4v) is 1.06. The first kappa shape index (κ1) is 7.37. The molecule has 0 spiro atoms. The van der Waals surface area contributed by atoms with Crippen LogP contribution < -0.4 is 11.2 Å². The van der Waals surface area contributed by atoms with Gasteiger partial charge in [-0.2, -0.15) is 0 Å². The van der Waals surface area contributed by atoms with E-state index in [4.69, 9.17) is 5.73 Å². The Morgan fingerprint density at radius 3 is 2.60 bits per heavy atom. The van der Waals surface area contributed by atoms with Crippen molar-refractivity contribution in [3.63, 3.8) is 0 Å². The first-order valence-corrected chi connectivity index (χ1v) is 3.32. The average molecular weight is 142 g/mol. The van der Waals surface area contributed by atoms with Crippen molar-refractivity contribution < 1.29 is 0 Å². The summed E-state index contributed by atoms with van der Waals surface area (Å²) in [5.41, 5.74) is 8.53. The van der Waals surface area contributed by atoms with E-state index in [1.807, 2.05) is 17.0 Å². The lowest BCUT2D eigenvalue weighted by Crippen LogP contribution is -2.37. The zero-order valence-corrected chi connectivity index (χ0v) is 6.46. The van der Waals surface area contributed by atoms with Crippen molar-refractivity contribution in [2.75, 3.05) is 13.7 Å². The van der Waals surface area contributed by atoms with E-state index in [1.165, 1.54) is 0 Å². The fraction of sp³-hybridized carbons (Fsp3) is 0.667. The molecule has 4 heteroatoms. The number of hydrogen-bond acceptors (Lipinski definition) is 4. The molecule has 1 unspecified atom stereocenters. The van der Waals surface area contributed by atoms with Crippen LogP contribution >= 0.6 is 0 Å². The summed E-state index contributed by atoms with van der Waals surface area (Å²) in [5, 5.41) is 1.97. The van der Waals surface area contributed by atoms with E-state index in [-0.39, 0.29) is 0 Å². The molecule has 1 saturated heterocycles. The van der Waals surface area contributed by atoms with E-state index >= 15 is 0 Å². The number of nitrogens with one attached hydrogen (secondary N) is 1. The zero-order chi connectivity index (χ0) is 7.72. The van der Waals surface area contributed by atoms with E-state index in [0.29, 0.717) is 12.8 Å². The van der Waals surface area contributed by atoms with Gasteiger partial charge in [-0.1, -0.05) is 6.58 Å². The van der Waals surface area contributed by atoms with E-state index in [9.17, 15) is 0 Å². The highest BCUT2D eigenvalue weighted by molar-refractivity contribution is 4.96. The predicted molar refractivity (Wildman–Crippen MR) is 40.4 cm³/mol. The Labute approximate surface area is 61.2 Å². The molecule has 4 nitrogen and oxygen atoms in total. The molecule has 0 aromatic heterocycles. The molecular weight excluding hydrogens is 128 g/mol. The summed E-state index contributed by atoms with van der Waals surface area (Å²) >= 11 is 0. The molecule has 1 rings (SSSR count). The summed E-state index contributed by atoms with van der Waals surface area (Å²) in [6.07, 6.45) is 0.303. The van der Waals surface area contributed by atoms with Crippen LogP contribution in [0.1, 0.15) is 6.92 Å². The monoisotopic (exact) mass is 142 g/mol. The van der Waals surface area contributed by atoms with Crippen LogP contribution in [0.3, 0.4) is 0 Å². The molecule has 0 aromatic carbocycles. The SMILES string of the molecule is C=C1NN(C)C(C)N1CN. The fourth-order valence-electron chi connectivity index (χ4n) is 1.06. The zero-order valence-electron chi connectivity index (χ0n) is 6.46. The number of hydrazine groups is 1. The summed E-state index contributed by atoms with van der Waals surface area (Å²) in [7, 11) is 1.96. The van der Waals surface area contributed by atoms with Gasteiger partial charge in [0.2, 0.25) is 0 Å². The van der Waals surface area contributed by atoms with Crippen molar-refractivity contribution in [1.82, 2.24) is 15.3 Å². The summed E-state index contributed by atoms with van der Waals surface area (Å²) in [6.45, 7) is 6.38. The highest BCUT2D eigenvalue weighted by Crippen LogP contribution is 2.12. The Kier molecular flexibility index (Phi) is 1.82. The maximum absolute atomic E-state index is 5.48. The van der Waals surface area contributed by atoms with Gasteiger partial charge in [0.05, 0.1) is 12.8 Å². The second kappa shape index (κ2) is 2.48. The maximum Gasteiger partial charge on any atom is 0.111 e. The lowest BCUT2D eigenvalue weighted by molar-refractivity contribution is 0.169. The first-order valence-electron chi connectivity index (χ1n) is 3.32. The molecule has 1 heterocycles. The third-order valence-electron chi connectivity index (χ3n) is 1.86. The van der Waals surface area contributed by atoms with Crippen molar-refractivity contribution >= 4 is 0 Å².